The maximum Gasteiger partial charge on any atom is 0.307 e. The van der Waals surface area contributed by atoms with Crippen molar-refractivity contribution in [2.45, 2.75) is 38.2 Å². The largest absolute Gasteiger partial charge is 0.481 e. The van der Waals surface area contributed by atoms with Crippen LogP contribution in [-0.4, -0.2) is 28.1 Å². The number of aliphatic carboxylic acids is 1. The van der Waals surface area contributed by atoms with Gasteiger partial charge < -0.3 is 10.2 Å². The first kappa shape index (κ1) is 10.6. The van der Waals surface area contributed by atoms with Crippen LogP contribution in [0.3, 0.4) is 0 Å². The Labute approximate surface area is 88.3 Å². The molecule has 0 aromatic rings. The van der Waals surface area contributed by atoms with Crippen molar-refractivity contribution in [3.8, 4) is 0 Å². The molecule has 0 aliphatic heterocycles. The number of aliphatic hydroxyl groups is 1. The number of rotatable bonds is 1. The molecule has 2 saturated carbocycles. The van der Waals surface area contributed by atoms with E-state index >= 15 is 0 Å². The van der Waals surface area contributed by atoms with Crippen LogP contribution in [0.5, 0.6) is 0 Å². The Morgan fingerprint density at radius 1 is 1.27 bits per heavy atom. The van der Waals surface area contributed by atoms with E-state index in [9.17, 15) is 14.7 Å². The molecule has 2 aliphatic carbocycles. The van der Waals surface area contributed by atoms with Crippen LogP contribution in [0.25, 0.3) is 0 Å². The number of ketones is 1. The van der Waals surface area contributed by atoms with Gasteiger partial charge >= 0.3 is 5.97 Å². The van der Waals surface area contributed by atoms with Crippen LogP contribution in [0.1, 0.15) is 32.1 Å². The minimum atomic E-state index is -0.882. The Kier molecular flexibility index (Phi) is 2.78. The molecule has 4 heteroatoms. The highest BCUT2D eigenvalue weighted by Gasteiger charge is 2.46. The lowest BCUT2D eigenvalue weighted by atomic mass is 9.64. The minimum Gasteiger partial charge on any atom is -0.481 e. The standard InChI is InChI=1S/C11H16O4/c12-8-4-5-9(13)10-6(8)2-1-3-7(10)11(14)15/h6-8,10,12H,1-5H2,(H,14,15)/t6-,7-,8-,10+/m1/s1. The molecule has 0 saturated heterocycles. The Hall–Kier alpha value is -0.900. The van der Waals surface area contributed by atoms with Crippen LogP contribution in [0.2, 0.25) is 0 Å². The third-order valence-corrected chi connectivity index (χ3v) is 3.82. The predicted octanol–water partition coefficient (Wildman–Crippen LogP) is 0.827. The summed E-state index contributed by atoms with van der Waals surface area (Å²) in [6.45, 7) is 0. The lowest BCUT2D eigenvalue weighted by Gasteiger charge is -2.40. The average molecular weight is 212 g/mol. The molecular weight excluding hydrogens is 196 g/mol. The summed E-state index contributed by atoms with van der Waals surface area (Å²) in [7, 11) is 0. The molecule has 0 aromatic carbocycles. The number of carboxylic acids is 1. The van der Waals surface area contributed by atoms with Gasteiger partial charge in [-0.05, 0) is 25.2 Å². The van der Waals surface area contributed by atoms with Gasteiger partial charge in [0.25, 0.3) is 0 Å². The highest BCUT2D eigenvalue weighted by Crippen LogP contribution is 2.42. The van der Waals surface area contributed by atoms with Crippen molar-refractivity contribution in [1.29, 1.82) is 0 Å². The van der Waals surface area contributed by atoms with E-state index in [1.165, 1.54) is 0 Å². The molecule has 4 atom stereocenters. The van der Waals surface area contributed by atoms with Crippen LogP contribution in [0, 0.1) is 17.8 Å². The van der Waals surface area contributed by atoms with Crippen LogP contribution < -0.4 is 0 Å². The fourth-order valence-electron chi connectivity index (χ4n) is 3.07. The topological polar surface area (TPSA) is 74.6 Å². The monoisotopic (exact) mass is 212 g/mol. The second-order valence-corrected chi connectivity index (χ2v) is 4.64. The smallest absolute Gasteiger partial charge is 0.307 e. The molecule has 15 heavy (non-hydrogen) atoms. The molecule has 0 aromatic heterocycles. The number of hydrogen-bond acceptors (Lipinski definition) is 3. The zero-order valence-electron chi connectivity index (χ0n) is 8.56. The molecule has 2 rings (SSSR count). The molecule has 0 heterocycles. The first-order valence-electron chi connectivity index (χ1n) is 5.55. The van der Waals surface area contributed by atoms with Crippen LogP contribution in [0.4, 0.5) is 0 Å². The quantitative estimate of drug-likeness (QED) is 0.675. The van der Waals surface area contributed by atoms with E-state index in [2.05, 4.69) is 0 Å². The van der Waals surface area contributed by atoms with E-state index in [4.69, 9.17) is 5.11 Å². The van der Waals surface area contributed by atoms with Gasteiger partial charge in [0, 0.05) is 12.3 Å². The average Bonchev–Trinajstić information content (AvgIpc) is 2.23. The normalized spacial score (nSPS) is 41.0. The highest BCUT2D eigenvalue weighted by atomic mass is 16.4. The second kappa shape index (κ2) is 3.93. The Bertz CT molecular complexity index is 286. The first-order valence-corrected chi connectivity index (χ1v) is 5.55. The SMILES string of the molecule is O=C1CC[C@@H](O)[C@H]2CCC[C@@H](C(=O)O)[C@@H]12. The van der Waals surface area contributed by atoms with Crippen LogP contribution >= 0.6 is 0 Å². The molecule has 0 amide bonds. The number of fused-ring (bicyclic) bond motifs is 1. The summed E-state index contributed by atoms with van der Waals surface area (Å²) in [5, 5.41) is 18.8. The van der Waals surface area contributed by atoms with Gasteiger partial charge in [0.2, 0.25) is 0 Å². The maximum atomic E-state index is 11.7. The zero-order valence-corrected chi connectivity index (χ0v) is 8.56. The molecule has 0 spiro atoms. The van der Waals surface area contributed by atoms with E-state index in [0.29, 0.717) is 19.3 Å². The van der Waals surface area contributed by atoms with Gasteiger partial charge in [0.15, 0.2) is 0 Å². The fourth-order valence-corrected chi connectivity index (χ4v) is 3.07. The number of carbonyl (C=O) groups is 2. The van der Waals surface area contributed by atoms with Gasteiger partial charge in [0.05, 0.1) is 12.0 Å². The van der Waals surface area contributed by atoms with E-state index in [1.807, 2.05) is 0 Å². The second-order valence-electron chi connectivity index (χ2n) is 4.64. The predicted molar refractivity (Wildman–Crippen MR) is 52.2 cm³/mol. The van der Waals surface area contributed by atoms with E-state index in [-0.39, 0.29) is 11.7 Å². The van der Waals surface area contributed by atoms with Crippen molar-refractivity contribution >= 4 is 11.8 Å². The summed E-state index contributed by atoms with van der Waals surface area (Å²) in [5.74, 6) is -1.95. The molecular formula is C11H16O4. The number of carbonyl (C=O) groups excluding carboxylic acids is 1. The number of hydrogen-bond donors (Lipinski definition) is 2. The summed E-state index contributed by atoms with van der Waals surface area (Å²) in [5.41, 5.74) is 0. The molecule has 2 fully saturated rings. The molecule has 0 bridgehead atoms. The first-order chi connectivity index (χ1) is 7.11. The van der Waals surface area contributed by atoms with Crippen molar-refractivity contribution < 1.29 is 19.8 Å². The molecule has 84 valence electrons. The molecule has 0 radical (unpaired) electrons. The third kappa shape index (κ3) is 1.78. The number of Topliss-reactive ketones (excluding diaryl/α,β-unsaturated/α-hetero) is 1. The van der Waals surface area contributed by atoms with Crippen molar-refractivity contribution in [3.63, 3.8) is 0 Å². The lowest BCUT2D eigenvalue weighted by molar-refractivity contribution is -0.155. The molecule has 2 N–H and O–H groups in total. The van der Waals surface area contributed by atoms with Crippen LogP contribution in [0.15, 0.2) is 0 Å². The lowest BCUT2D eigenvalue weighted by Crippen LogP contribution is -2.46. The maximum absolute atomic E-state index is 11.7. The van der Waals surface area contributed by atoms with E-state index < -0.39 is 23.9 Å². The zero-order chi connectivity index (χ0) is 11.0. The van der Waals surface area contributed by atoms with Gasteiger partial charge in [-0.25, -0.2) is 0 Å². The summed E-state index contributed by atoms with van der Waals surface area (Å²) in [6, 6.07) is 0. The van der Waals surface area contributed by atoms with Crippen LogP contribution in [-0.2, 0) is 9.59 Å². The molecule has 2 aliphatic rings. The van der Waals surface area contributed by atoms with E-state index in [1.54, 1.807) is 0 Å². The fraction of sp³-hybridized carbons (Fsp3) is 0.818. The number of aliphatic hydroxyl groups excluding tert-OH is 1. The van der Waals surface area contributed by atoms with E-state index in [0.717, 1.165) is 12.8 Å². The van der Waals surface area contributed by atoms with Gasteiger partial charge in [-0.3, -0.25) is 9.59 Å². The Balaban J connectivity index is 2.23. The van der Waals surface area contributed by atoms with Gasteiger partial charge in [-0.15, -0.1) is 0 Å². The van der Waals surface area contributed by atoms with Crippen molar-refractivity contribution in [2.75, 3.05) is 0 Å². The van der Waals surface area contributed by atoms with Gasteiger partial charge in [-0.1, -0.05) is 6.42 Å². The summed E-state index contributed by atoms with van der Waals surface area (Å²) < 4.78 is 0. The van der Waals surface area contributed by atoms with Crippen molar-refractivity contribution in [1.82, 2.24) is 0 Å². The molecule has 0 unspecified atom stereocenters. The van der Waals surface area contributed by atoms with Gasteiger partial charge in [0.1, 0.15) is 5.78 Å². The van der Waals surface area contributed by atoms with Gasteiger partial charge in [-0.2, -0.15) is 0 Å². The summed E-state index contributed by atoms with van der Waals surface area (Å²) in [4.78, 5) is 22.7. The highest BCUT2D eigenvalue weighted by molar-refractivity contribution is 5.87. The summed E-state index contributed by atoms with van der Waals surface area (Å²) in [6.07, 6.45) is 2.55. The Morgan fingerprint density at radius 3 is 2.67 bits per heavy atom. The Morgan fingerprint density at radius 2 is 2.00 bits per heavy atom. The van der Waals surface area contributed by atoms with Crippen molar-refractivity contribution in [2.24, 2.45) is 17.8 Å². The minimum absolute atomic E-state index is 0.0393. The number of carboxylic acid groups (broad SMARTS) is 1. The third-order valence-electron chi connectivity index (χ3n) is 3.82. The molecule has 4 nitrogen and oxygen atoms in total. The summed E-state index contributed by atoms with van der Waals surface area (Å²) >= 11 is 0. The van der Waals surface area contributed by atoms with Crippen molar-refractivity contribution in [3.05, 3.63) is 0 Å².